The van der Waals surface area contributed by atoms with Gasteiger partial charge in [-0.3, -0.25) is 0 Å². The van der Waals surface area contributed by atoms with Crippen LogP contribution >= 0.6 is 12.2 Å². The van der Waals surface area contributed by atoms with Crippen molar-refractivity contribution in [2.75, 3.05) is 0 Å². The van der Waals surface area contributed by atoms with Gasteiger partial charge in [-0.2, -0.15) is 0 Å². The highest BCUT2D eigenvalue weighted by molar-refractivity contribution is 7.80. The van der Waals surface area contributed by atoms with Crippen LogP contribution in [0, 0.1) is 13.8 Å². The van der Waals surface area contributed by atoms with E-state index in [4.69, 9.17) is 18.1 Å². The molecule has 2 nitrogen and oxygen atoms in total. The van der Waals surface area contributed by atoms with E-state index in [9.17, 15) is 0 Å². The molecule has 0 unspecified atom stereocenters. The van der Waals surface area contributed by atoms with Crippen LogP contribution in [0.5, 0.6) is 0 Å². The second kappa shape index (κ2) is 4.53. The highest BCUT2D eigenvalue weighted by atomic mass is 32.1. The number of benzene rings is 1. The molecule has 0 heterocycles. The Kier molecular flexibility index (Phi) is 3.61. The molecule has 0 radical (unpaired) electrons. The van der Waals surface area contributed by atoms with Crippen molar-refractivity contribution in [2.45, 2.75) is 27.3 Å². The maximum Gasteiger partial charge on any atom is 0.0891 e. The molecule has 0 atom stereocenters. The molecule has 1 rings (SSSR count). The van der Waals surface area contributed by atoms with E-state index in [-0.39, 0.29) is 0 Å². The number of aryl methyl sites for hydroxylation is 2. The number of nitrogens with two attached hydrogens (primary N) is 1. The summed E-state index contributed by atoms with van der Waals surface area (Å²) >= 11 is 4.99. The monoisotopic (exact) mass is 208 g/mol. The van der Waals surface area contributed by atoms with Crippen LogP contribution in [0.4, 0.5) is 0 Å². The summed E-state index contributed by atoms with van der Waals surface area (Å²) < 4.78 is 0. The second-order valence-corrected chi connectivity index (χ2v) is 4.17. The summed E-state index contributed by atoms with van der Waals surface area (Å²) in [7, 11) is 0. The van der Waals surface area contributed by atoms with Crippen LogP contribution in [-0.2, 0) is 6.54 Å². The van der Waals surface area contributed by atoms with E-state index in [2.05, 4.69) is 32.0 Å². The Morgan fingerprint density at radius 1 is 1.43 bits per heavy atom. The molecular weight excluding hydrogens is 192 g/mol. The molecular formula is C11H16N2S. The van der Waals surface area contributed by atoms with E-state index in [0.29, 0.717) is 11.5 Å². The van der Waals surface area contributed by atoms with Gasteiger partial charge in [0.15, 0.2) is 0 Å². The smallest absolute Gasteiger partial charge is 0.0891 e. The van der Waals surface area contributed by atoms with E-state index in [0.717, 1.165) is 0 Å². The van der Waals surface area contributed by atoms with Crippen LogP contribution < -0.4 is 5.84 Å². The van der Waals surface area contributed by atoms with E-state index in [1.54, 1.807) is 5.01 Å². The van der Waals surface area contributed by atoms with Crippen molar-refractivity contribution in [3.8, 4) is 0 Å². The first kappa shape index (κ1) is 11.1. The van der Waals surface area contributed by atoms with Gasteiger partial charge in [0, 0.05) is 0 Å². The SMILES string of the molecule is CC(=S)N(N)Cc1ccc(C)cc1C. The molecule has 1 aromatic rings. The van der Waals surface area contributed by atoms with Crippen molar-refractivity contribution in [3.05, 3.63) is 34.9 Å². The molecule has 0 amide bonds. The molecule has 76 valence electrons. The van der Waals surface area contributed by atoms with E-state index in [1.165, 1.54) is 16.7 Å². The predicted octanol–water partition coefficient (Wildman–Crippen LogP) is 2.33. The average molecular weight is 208 g/mol. The standard InChI is InChI=1S/C11H16N2S/c1-8-4-5-11(9(2)6-8)7-13(12)10(3)14/h4-6H,7,12H2,1-3H3. The van der Waals surface area contributed by atoms with Crippen molar-refractivity contribution >= 4 is 17.2 Å². The molecule has 2 N–H and O–H groups in total. The number of hydrazine groups is 1. The van der Waals surface area contributed by atoms with Gasteiger partial charge in [0.25, 0.3) is 0 Å². The maximum absolute atomic E-state index is 5.75. The fourth-order valence-corrected chi connectivity index (χ4v) is 1.38. The zero-order valence-corrected chi connectivity index (χ0v) is 9.69. The lowest BCUT2D eigenvalue weighted by molar-refractivity contribution is 0.438. The largest absolute Gasteiger partial charge is 0.300 e. The molecule has 0 saturated heterocycles. The summed E-state index contributed by atoms with van der Waals surface area (Å²) in [5, 5.41) is 1.59. The number of hydrogen-bond acceptors (Lipinski definition) is 2. The third-order valence-electron chi connectivity index (χ3n) is 2.24. The number of nitrogens with zero attached hydrogens (tertiary/aromatic N) is 1. The average Bonchev–Trinajstić information content (AvgIpc) is 2.09. The van der Waals surface area contributed by atoms with Crippen molar-refractivity contribution in [3.63, 3.8) is 0 Å². The van der Waals surface area contributed by atoms with E-state index >= 15 is 0 Å². The normalized spacial score (nSPS) is 10.0. The van der Waals surface area contributed by atoms with Crippen molar-refractivity contribution in [1.82, 2.24) is 5.01 Å². The van der Waals surface area contributed by atoms with Crippen molar-refractivity contribution < 1.29 is 0 Å². The molecule has 0 bridgehead atoms. The van der Waals surface area contributed by atoms with E-state index < -0.39 is 0 Å². The van der Waals surface area contributed by atoms with Gasteiger partial charge in [-0.15, -0.1) is 0 Å². The Bertz CT molecular complexity index is 347. The summed E-state index contributed by atoms with van der Waals surface area (Å²) in [6.07, 6.45) is 0. The fourth-order valence-electron chi connectivity index (χ4n) is 1.32. The van der Waals surface area contributed by atoms with Gasteiger partial charge in [-0.1, -0.05) is 36.0 Å². The predicted molar refractivity (Wildman–Crippen MR) is 63.9 cm³/mol. The Labute approximate surface area is 90.7 Å². The van der Waals surface area contributed by atoms with Gasteiger partial charge in [0.1, 0.15) is 0 Å². The number of hydrogen-bond donors (Lipinski definition) is 1. The summed E-state index contributed by atoms with van der Waals surface area (Å²) in [4.78, 5) is 0.713. The zero-order chi connectivity index (χ0) is 10.7. The molecule has 1 aromatic carbocycles. The third kappa shape index (κ3) is 2.79. The molecule has 0 aliphatic rings. The lowest BCUT2D eigenvalue weighted by Crippen LogP contribution is -2.33. The Balaban J connectivity index is 2.82. The van der Waals surface area contributed by atoms with Gasteiger partial charge >= 0.3 is 0 Å². The van der Waals surface area contributed by atoms with Crippen LogP contribution in [0.3, 0.4) is 0 Å². The highest BCUT2D eigenvalue weighted by Crippen LogP contribution is 2.11. The molecule has 0 aromatic heterocycles. The molecule has 0 fully saturated rings. The van der Waals surface area contributed by atoms with E-state index in [1.807, 2.05) is 6.92 Å². The third-order valence-corrected chi connectivity index (χ3v) is 2.48. The minimum Gasteiger partial charge on any atom is -0.300 e. The molecule has 3 heteroatoms. The topological polar surface area (TPSA) is 29.3 Å². The molecule has 14 heavy (non-hydrogen) atoms. The van der Waals surface area contributed by atoms with Gasteiger partial charge < -0.3 is 5.01 Å². The quantitative estimate of drug-likeness (QED) is 0.459. The van der Waals surface area contributed by atoms with Crippen LogP contribution in [0.25, 0.3) is 0 Å². The minimum absolute atomic E-state index is 0.682. The summed E-state index contributed by atoms with van der Waals surface area (Å²) in [5.41, 5.74) is 3.76. The lowest BCUT2D eigenvalue weighted by Gasteiger charge is -2.18. The van der Waals surface area contributed by atoms with Crippen LogP contribution in [0.2, 0.25) is 0 Å². The number of thiocarbonyl (C=S) groups is 1. The van der Waals surface area contributed by atoms with Gasteiger partial charge in [0.2, 0.25) is 0 Å². The molecule has 0 spiro atoms. The van der Waals surface area contributed by atoms with Crippen molar-refractivity contribution in [2.24, 2.45) is 5.84 Å². The first-order valence-corrected chi connectivity index (χ1v) is 5.00. The summed E-state index contributed by atoms with van der Waals surface area (Å²) in [6.45, 7) is 6.69. The zero-order valence-electron chi connectivity index (χ0n) is 8.87. The fraction of sp³-hybridized carbons (Fsp3) is 0.364. The molecule has 0 aliphatic carbocycles. The Morgan fingerprint density at radius 3 is 2.57 bits per heavy atom. The van der Waals surface area contributed by atoms with Gasteiger partial charge in [-0.25, -0.2) is 5.84 Å². The van der Waals surface area contributed by atoms with Gasteiger partial charge in [-0.05, 0) is 31.9 Å². The summed E-state index contributed by atoms with van der Waals surface area (Å²) in [6, 6.07) is 6.35. The maximum atomic E-state index is 5.75. The summed E-state index contributed by atoms with van der Waals surface area (Å²) in [5.74, 6) is 5.75. The minimum atomic E-state index is 0.682. The first-order chi connectivity index (χ1) is 6.50. The molecule has 0 saturated carbocycles. The second-order valence-electron chi connectivity index (χ2n) is 3.58. The van der Waals surface area contributed by atoms with Crippen LogP contribution in [-0.4, -0.2) is 10.00 Å². The first-order valence-electron chi connectivity index (χ1n) is 4.59. The van der Waals surface area contributed by atoms with Gasteiger partial charge in [0.05, 0.1) is 11.5 Å². The van der Waals surface area contributed by atoms with Crippen molar-refractivity contribution in [1.29, 1.82) is 0 Å². The Hall–Kier alpha value is -0.930. The van der Waals surface area contributed by atoms with Crippen LogP contribution in [0.15, 0.2) is 18.2 Å². The lowest BCUT2D eigenvalue weighted by atomic mass is 10.1. The highest BCUT2D eigenvalue weighted by Gasteiger charge is 2.03. The molecule has 0 aliphatic heterocycles. The number of rotatable bonds is 2. The van der Waals surface area contributed by atoms with Crippen LogP contribution in [0.1, 0.15) is 23.6 Å². The Morgan fingerprint density at radius 2 is 2.07 bits per heavy atom.